The lowest BCUT2D eigenvalue weighted by Gasteiger charge is -2.12. The van der Waals surface area contributed by atoms with Gasteiger partial charge in [0.15, 0.2) is 5.16 Å². The van der Waals surface area contributed by atoms with Crippen LogP contribution in [0.2, 0.25) is 0 Å². The molecule has 3 heterocycles. The minimum absolute atomic E-state index is 0.0314. The number of nitrogens with zero attached hydrogens (tertiary/aromatic N) is 3. The maximum atomic E-state index is 12.5. The number of ether oxygens (including phenoxy) is 1. The van der Waals surface area contributed by atoms with Gasteiger partial charge >= 0.3 is 0 Å². The molecule has 0 aliphatic carbocycles. The van der Waals surface area contributed by atoms with Gasteiger partial charge in [-0.3, -0.25) is 9.78 Å². The Labute approximate surface area is 168 Å². The Bertz CT molecular complexity index is 966. The quantitative estimate of drug-likeness (QED) is 0.621. The van der Waals surface area contributed by atoms with Crippen molar-refractivity contribution in [3.8, 4) is 0 Å². The van der Waals surface area contributed by atoms with Gasteiger partial charge in [0.2, 0.25) is 5.91 Å². The summed E-state index contributed by atoms with van der Waals surface area (Å²) >= 11 is 1.64. The first-order valence-corrected chi connectivity index (χ1v) is 10.5. The topological polar surface area (TPSA) is 69.0 Å². The van der Waals surface area contributed by atoms with Crippen LogP contribution in [0.15, 0.2) is 47.9 Å². The van der Waals surface area contributed by atoms with Crippen molar-refractivity contribution in [3.05, 3.63) is 53.9 Å². The summed E-state index contributed by atoms with van der Waals surface area (Å²) in [6, 6.07) is 10.3. The fraction of sp³-hybridized carbons (Fsp3) is 0.381. The van der Waals surface area contributed by atoms with Gasteiger partial charge < -0.3 is 14.6 Å². The van der Waals surface area contributed by atoms with Crippen molar-refractivity contribution in [3.63, 3.8) is 0 Å². The number of nitrogens with one attached hydrogen (secondary N) is 1. The number of carbonyl (C=O) groups is 1. The molecule has 146 valence electrons. The van der Waals surface area contributed by atoms with Crippen LogP contribution in [-0.4, -0.2) is 39.7 Å². The number of rotatable bonds is 7. The Balaban J connectivity index is 1.48. The van der Waals surface area contributed by atoms with E-state index in [9.17, 15) is 4.79 Å². The van der Waals surface area contributed by atoms with E-state index in [1.165, 1.54) is 11.1 Å². The summed E-state index contributed by atoms with van der Waals surface area (Å²) in [5, 5.41) is 3.82. The number of pyridine rings is 1. The van der Waals surface area contributed by atoms with E-state index in [-0.39, 0.29) is 18.6 Å². The summed E-state index contributed by atoms with van der Waals surface area (Å²) in [5.74, 6) is 0.770. The molecule has 1 amide bonds. The van der Waals surface area contributed by atoms with Crippen molar-refractivity contribution >= 4 is 28.7 Å². The number of hydrogen-bond acceptors (Lipinski definition) is 5. The SMILES string of the molecule is Cc1cccc(CSc2nc3ccncc3n2CC(=O)NCC2CCCO2)c1. The molecule has 1 aliphatic rings. The van der Waals surface area contributed by atoms with E-state index in [4.69, 9.17) is 9.72 Å². The van der Waals surface area contributed by atoms with Crippen LogP contribution in [0.4, 0.5) is 0 Å². The summed E-state index contributed by atoms with van der Waals surface area (Å²) in [6.45, 7) is 3.67. The normalized spacial score (nSPS) is 16.5. The number of hydrogen-bond donors (Lipinski definition) is 1. The van der Waals surface area contributed by atoms with Crippen molar-refractivity contribution in [1.82, 2.24) is 19.9 Å². The highest BCUT2D eigenvalue weighted by molar-refractivity contribution is 7.98. The molecule has 1 fully saturated rings. The first-order chi connectivity index (χ1) is 13.7. The van der Waals surface area contributed by atoms with Gasteiger partial charge in [0.1, 0.15) is 6.54 Å². The van der Waals surface area contributed by atoms with Crippen LogP contribution in [0.1, 0.15) is 24.0 Å². The number of benzene rings is 1. The second-order valence-electron chi connectivity index (χ2n) is 7.06. The largest absolute Gasteiger partial charge is 0.376 e. The van der Waals surface area contributed by atoms with Crippen LogP contribution in [0.5, 0.6) is 0 Å². The summed E-state index contributed by atoms with van der Waals surface area (Å²) in [6.07, 6.45) is 5.72. The molecule has 3 aromatic rings. The molecular weight excluding hydrogens is 372 g/mol. The molecule has 1 N–H and O–H groups in total. The van der Waals surface area contributed by atoms with Crippen molar-refractivity contribution in [1.29, 1.82) is 0 Å². The van der Waals surface area contributed by atoms with E-state index in [0.717, 1.165) is 41.4 Å². The third-order valence-electron chi connectivity index (χ3n) is 4.82. The molecule has 0 radical (unpaired) electrons. The second kappa shape index (κ2) is 8.75. The van der Waals surface area contributed by atoms with Gasteiger partial charge in [0, 0.05) is 25.1 Å². The number of aromatic nitrogens is 3. The van der Waals surface area contributed by atoms with Crippen molar-refractivity contribution in [2.75, 3.05) is 13.2 Å². The number of carbonyl (C=O) groups excluding carboxylic acids is 1. The van der Waals surface area contributed by atoms with Gasteiger partial charge in [0.25, 0.3) is 0 Å². The molecule has 1 aliphatic heterocycles. The lowest BCUT2D eigenvalue weighted by Crippen LogP contribution is -2.34. The lowest BCUT2D eigenvalue weighted by molar-refractivity contribution is -0.122. The summed E-state index contributed by atoms with van der Waals surface area (Å²) < 4.78 is 7.53. The third-order valence-corrected chi connectivity index (χ3v) is 5.87. The van der Waals surface area contributed by atoms with Crippen molar-refractivity contribution in [2.24, 2.45) is 0 Å². The zero-order chi connectivity index (χ0) is 19.3. The summed E-state index contributed by atoms with van der Waals surface area (Å²) in [4.78, 5) is 21.5. The van der Waals surface area contributed by atoms with E-state index in [0.29, 0.717) is 6.54 Å². The Morgan fingerprint density at radius 3 is 3.14 bits per heavy atom. The van der Waals surface area contributed by atoms with Crippen molar-refractivity contribution < 1.29 is 9.53 Å². The molecule has 7 heteroatoms. The first kappa shape index (κ1) is 19.0. The fourth-order valence-electron chi connectivity index (χ4n) is 3.39. The highest BCUT2D eigenvalue weighted by Crippen LogP contribution is 2.26. The Morgan fingerprint density at radius 2 is 2.32 bits per heavy atom. The van der Waals surface area contributed by atoms with Gasteiger partial charge in [-0.1, -0.05) is 41.6 Å². The molecular formula is C21H24N4O2S. The smallest absolute Gasteiger partial charge is 0.240 e. The Kier molecular flexibility index (Phi) is 5.92. The first-order valence-electron chi connectivity index (χ1n) is 9.56. The second-order valence-corrected chi connectivity index (χ2v) is 8.00. The maximum absolute atomic E-state index is 12.5. The highest BCUT2D eigenvalue weighted by Gasteiger charge is 2.18. The molecule has 1 aromatic carbocycles. The zero-order valence-corrected chi connectivity index (χ0v) is 16.7. The number of imidazole rings is 1. The third kappa shape index (κ3) is 4.54. The predicted octanol–water partition coefficient (Wildman–Crippen LogP) is 3.33. The van der Waals surface area contributed by atoms with Gasteiger partial charge in [-0.2, -0.15) is 0 Å². The van der Waals surface area contributed by atoms with E-state index >= 15 is 0 Å². The minimum Gasteiger partial charge on any atom is -0.376 e. The fourth-order valence-corrected chi connectivity index (χ4v) is 4.35. The van der Waals surface area contributed by atoms with Crippen LogP contribution in [0.25, 0.3) is 11.0 Å². The molecule has 28 heavy (non-hydrogen) atoms. The minimum atomic E-state index is -0.0314. The molecule has 0 bridgehead atoms. The van der Waals surface area contributed by atoms with Crippen LogP contribution < -0.4 is 5.32 Å². The number of fused-ring (bicyclic) bond motifs is 1. The van der Waals surface area contributed by atoms with E-state index in [2.05, 4.69) is 41.5 Å². The molecule has 1 unspecified atom stereocenters. The number of amides is 1. The number of aryl methyl sites for hydroxylation is 1. The molecule has 4 rings (SSSR count). The van der Waals surface area contributed by atoms with Crippen LogP contribution in [0.3, 0.4) is 0 Å². The van der Waals surface area contributed by atoms with Gasteiger partial charge in [0.05, 0.1) is 23.3 Å². The molecule has 1 atom stereocenters. The zero-order valence-electron chi connectivity index (χ0n) is 15.9. The van der Waals surface area contributed by atoms with Crippen LogP contribution in [-0.2, 0) is 21.8 Å². The lowest BCUT2D eigenvalue weighted by atomic mass is 10.2. The Morgan fingerprint density at radius 1 is 1.39 bits per heavy atom. The molecule has 2 aromatic heterocycles. The highest BCUT2D eigenvalue weighted by atomic mass is 32.2. The standard InChI is InChI=1S/C21H24N4O2S/c1-15-4-2-5-16(10-15)14-28-21-24-18-7-8-22-12-19(18)25(21)13-20(26)23-11-17-6-3-9-27-17/h2,4-5,7-8,10,12,17H,3,6,9,11,13-14H2,1H3,(H,23,26). The average Bonchev–Trinajstić information content (AvgIpc) is 3.33. The van der Waals surface area contributed by atoms with Crippen LogP contribution in [0, 0.1) is 6.92 Å². The van der Waals surface area contributed by atoms with E-state index in [1.807, 2.05) is 10.6 Å². The van der Waals surface area contributed by atoms with E-state index in [1.54, 1.807) is 24.2 Å². The summed E-state index contributed by atoms with van der Waals surface area (Å²) in [7, 11) is 0. The molecule has 1 saturated heterocycles. The van der Waals surface area contributed by atoms with Gasteiger partial charge in [-0.15, -0.1) is 0 Å². The predicted molar refractivity (Wildman–Crippen MR) is 110 cm³/mol. The maximum Gasteiger partial charge on any atom is 0.240 e. The molecule has 6 nitrogen and oxygen atoms in total. The molecule has 0 spiro atoms. The average molecular weight is 397 g/mol. The molecule has 0 saturated carbocycles. The number of thioether (sulfide) groups is 1. The van der Waals surface area contributed by atoms with E-state index < -0.39 is 0 Å². The van der Waals surface area contributed by atoms with Gasteiger partial charge in [-0.25, -0.2) is 4.98 Å². The monoisotopic (exact) mass is 396 g/mol. The van der Waals surface area contributed by atoms with Crippen molar-refractivity contribution in [2.45, 2.75) is 43.3 Å². The van der Waals surface area contributed by atoms with Crippen LogP contribution >= 0.6 is 11.8 Å². The summed E-state index contributed by atoms with van der Waals surface area (Å²) in [5.41, 5.74) is 4.21. The Hall–Kier alpha value is -2.38. The van der Waals surface area contributed by atoms with Gasteiger partial charge in [-0.05, 0) is 31.4 Å².